The van der Waals surface area contributed by atoms with Crippen LogP contribution in [0.2, 0.25) is 10.0 Å². The molecule has 6 nitrogen and oxygen atoms in total. The maximum absolute atomic E-state index is 12.8. The summed E-state index contributed by atoms with van der Waals surface area (Å²) in [5.41, 5.74) is 1.29. The smallest absolute Gasteiger partial charge is 0.223 e. The van der Waals surface area contributed by atoms with Gasteiger partial charge in [-0.05, 0) is 31.0 Å². The summed E-state index contributed by atoms with van der Waals surface area (Å²) >= 11 is 12.2. The number of nitrogens with one attached hydrogen (secondary N) is 1. The van der Waals surface area contributed by atoms with Crippen molar-refractivity contribution in [3.63, 3.8) is 0 Å². The standard InChI is InChI=1S/C21H24Cl2N2O4S/c1-29-20-8-3-2-5-16(20)13-24-21(26)15-9-11-25(12-10-15)30(27,28)14-17-18(22)6-4-7-19(17)23/h2-8,15H,9-14H2,1H3,(H,24,26). The van der Waals surface area contributed by atoms with E-state index in [4.69, 9.17) is 27.9 Å². The number of hydrogen-bond donors (Lipinski definition) is 1. The molecular formula is C21H24Cl2N2O4S. The summed E-state index contributed by atoms with van der Waals surface area (Å²) in [6.45, 7) is 0.945. The summed E-state index contributed by atoms with van der Waals surface area (Å²) in [7, 11) is -1.99. The van der Waals surface area contributed by atoms with Gasteiger partial charge in [-0.3, -0.25) is 4.79 Å². The first-order chi connectivity index (χ1) is 14.3. The summed E-state index contributed by atoms with van der Waals surface area (Å²) in [4.78, 5) is 12.6. The molecule has 0 atom stereocenters. The van der Waals surface area contributed by atoms with Gasteiger partial charge in [0.2, 0.25) is 15.9 Å². The molecule has 3 rings (SSSR count). The second kappa shape index (κ2) is 10.0. The quantitative estimate of drug-likeness (QED) is 0.666. The Morgan fingerprint density at radius 2 is 1.73 bits per heavy atom. The molecule has 0 spiro atoms. The Bertz CT molecular complexity index is 986. The molecule has 2 aromatic carbocycles. The van der Waals surface area contributed by atoms with E-state index in [-0.39, 0.29) is 30.7 Å². The number of carbonyl (C=O) groups excluding carboxylic acids is 1. The van der Waals surface area contributed by atoms with E-state index in [1.807, 2.05) is 24.3 Å². The average molecular weight is 471 g/mol. The first-order valence-corrected chi connectivity index (χ1v) is 12.0. The van der Waals surface area contributed by atoms with Gasteiger partial charge in [-0.1, -0.05) is 47.5 Å². The minimum Gasteiger partial charge on any atom is -0.496 e. The number of halogens is 2. The monoisotopic (exact) mass is 470 g/mol. The second-order valence-electron chi connectivity index (χ2n) is 7.16. The molecule has 0 radical (unpaired) electrons. The zero-order chi connectivity index (χ0) is 21.7. The molecule has 2 aromatic rings. The lowest BCUT2D eigenvalue weighted by Gasteiger charge is -2.30. The third kappa shape index (κ3) is 5.46. The van der Waals surface area contributed by atoms with Crippen molar-refractivity contribution in [1.82, 2.24) is 9.62 Å². The number of methoxy groups -OCH3 is 1. The molecule has 1 heterocycles. The van der Waals surface area contributed by atoms with Gasteiger partial charge in [-0.2, -0.15) is 0 Å². The van der Waals surface area contributed by atoms with Crippen molar-refractivity contribution in [2.24, 2.45) is 5.92 Å². The lowest BCUT2D eigenvalue weighted by Crippen LogP contribution is -2.43. The fourth-order valence-corrected chi connectivity index (χ4v) is 5.83. The van der Waals surface area contributed by atoms with Gasteiger partial charge in [0, 0.05) is 46.7 Å². The van der Waals surface area contributed by atoms with Crippen LogP contribution in [-0.4, -0.2) is 38.8 Å². The Balaban J connectivity index is 1.55. The van der Waals surface area contributed by atoms with E-state index in [0.717, 1.165) is 11.3 Å². The van der Waals surface area contributed by atoms with Crippen molar-refractivity contribution in [1.29, 1.82) is 0 Å². The molecule has 1 saturated heterocycles. The van der Waals surface area contributed by atoms with Crippen LogP contribution in [0.1, 0.15) is 24.0 Å². The Morgan fingerprint density at radius 1 is 1.10 bits per heavy atom. The molecule has 1 N–H and O–H groups in total. The van der Waals surface area contributed by atoms with Gasteiger partial charge in [-0.15, -0.1) is 0 Å². The van der Waals surface area contributed by atoms with E-state index in [1.165, 1.54) is 4.31 Å². The molecule has 162 valence electrons. The fraction of sp³-hybridized carbons (Fsp3) is 0.381. The van der Waals surface area contributed by atoms with Crippen molar-refractivity contribution >= 4 is 39.1 Å². The van der Waals surface area contributed by atoms with Crippen LogP contribution >= 0.6 is 23.2 Å². The van der Waals surface area contributed by atoms with E-state index in [2.05, 4.69) is 5.32 Å². The van der Waals surface area contributed by atoms with Gasteiger partial charge in [0.15, 0.2) is 0 Å². The maximum atomic E-state index is 12.8. The predicted octanol–water partition coefficient (Wildman–Crippen LogP) is 3.86. The first-order valence-electron chi connectivity index (χ1n) is 9.62. The molecule has 9 heteroatoms. The number of piperidine rings is 1. The molecule has 30 heavy (non-hydrogen) atoms. The predicted molar refractivity (Wildman–Crippen MR) is 118 cm³/mol. The highest BCUT2D eigenvalue weighted by Crippen LogP contribution is 2.29. The van der Waals surface area contributed by atoms with Crippen molar-refractivity contribution in [2.45, 2.75) is 25.1 Å². The Labute approximate surface area is 187 Å². The third-order valence-electron chi connectivity index (χ3n) is 5.25. The fourth-order valence-electron chi connectivity index (χ4n) is 3.52. The Hall–Kier alpha value is -1.80. The van der Waals surface area contributed by atoms with Crippen molar-refractivity contribution in [3.8, 4) is 5.75 Å². The van der Waals surface area contributed by atoms with Crippen molar-refractivity contribution in [3.05, 3.63) is 63.6 Å². The molecule has 1 fully saturated rings. The van der Waals surface area contributed by atoms with Crippen LogP contribution in [0, 0.1) is 5.92 Å². The molecule has 0 unspecified atom stereocenters. The van der Waals surface area contributed by atoms with Gasteiger partial charge in [0.25, 0.3) is 0 Å². The normalized spacial score (nSPS) is 15.7. The van der Waals surface area contributed by atoms with Gasteiger partial charge < -0.3 is 10.1 Å². The van der Waals surface area contributed by atoms with Gasteiger partial charge in [0.05, 0.1) is 12.9 Å². The highest BCUT2D eigenvalue weighted by molar-refractivity contribution is 7.88. The third-order valence-corrected chi connectivity index (χ3v) is 7.77. The summed E-state index contributed by atoms with van der Waals surface area (Å²) < 4.78 is 32.3. The Kier molecular flexibility index (Phi) is 7.63. The summed E-state index contributed by atoms with van der Waals surface area (Å²) in [6, 6.07) is 12.4. The zero-order valence-corrected chi connectivity index (χ0v) is 18.9. The van der Waals surface area contributed by atoms with Crippen LogP contribution in [0.4, 0.5) is 0 Å². The van der Waals surface area contributed by atoms with E-state index < -0.39 is 10.0 Å². The van der Waals surface area contributed by atoms with Gasteiger partial charge in [0.1, 0.15) is 5.75 Å². The SMILES string of the molecule is COc1ccccc1CNC(=O)C1CCN(S(=O)(=O)Cc2c(Cl)cccc2Cl)CC1. The number of para-hydroxylation sites is 1. The molecule has 0 bridgehead atoms. The zero-order valence-electron chi connectivity index (χ0n) is 16.6. The number of hydrogen-bond acceptors (Lipinski definition) is 4. The molecular weight excluding hydrogens is 447 g/mol. The molecule has 1 aliphatic heterocycles. The topological polar surface area (TPSA) is 75.7 Å². The largest absolute Gasteiger partial charge is 0.496 e. The number of carbonyl (C=O) groups is 1. The minimum absolute atomic E-state index is 0.0768. The van der Waals surface area contributed by atoms with Crippen molar-refractivity contribution in [2.75, 3.05) is 20.2 Å². The van der Waals surface area contributed by atoms with E-state index in [9.17, 15) is 13.2 Å². The second-order valence-corrected chi connectivity index (χ2v) is 9.94. The average Bonchev–Trinajstić information content (AvgIpc) is 2.75. The van der Waals surface area contributed by atoms with Crippen LogP contribution in [0.25, 0.3) is 0 Å². The van der Waals surface area contributed by atoms with Crippen LogP contribution < -0.4 is 10.1 Å². The first kappa shape index (κ1) is 22.9. The molecule has 1 aliphatic rings. The summed E-state index contributed by atoms with van der Waals surface area (Å²) in [6.07, 6.45) is 0.931. The van der Waals surface area contributed by atoms with Crippen LogP contribution in [0.3, 0.4) is 0 Å². The maximum Gasteiger partial charge on any atom is 0.223 e. The van der Waals surface area contributed by atoms with Gasteiger partial charge in [-0.25, -0.2) is 12.7 Å². The van der Waals surface area contributed by atoms with Crippen LogP contribution in [0.15, 0.2) is 42.5 Å². The van der Waals surface area contributed by atoms with Crippen LogP contribution in [0.5, 0.6) is 5.75 Å². The number of sulfonamides is 1. The number of ether oxygens (including phenoxy) is 1. The number of amides is 1. The molecule has 0 aromatic heterocycles. The lowest BCUT2D eigenvalue weighted by molar-refractivity contribution is -0.126. The van der Waals surface area contributed by atoms with E-state index in [1.54, 1.807) is 25.3 Å². The van der Waals surface area contributed by atoms with Crippen molar-refractivity contribution < 1.29 is 17.9 Å². The summed E-state index contributed by atoms with van der Waals surface area (Å²) in [5, 5.41) is 3.59. The highest BCUT2D eigenvalue weighted by Gasteiger charge is 2.32. The minimum atomic E-state index is -3.58. The van der Waals surface area contributed by atoms with E-state index >= 15 is 0 Å². The highest BCUT2D eigenvalue weighted by atomic mass is 35.5. The molecule has 1 amide bonds. The lowest BCUT2D eigenvalue weighted by atomic mass is 9.97. The number of rotatable bonds is 7. The van der Waals surface area contributed by atoms with E-state index in [0.29, 0.717) is 35.0 Å². The Morgan fingerprint density at radius 3 is 2.37 bits per heavy atom. The number of nitrogens with zero attached hydrogens (tertiary/aromatic N) is 1. The molecule has 0 aliphatic carbocycles. The summed E-state index contributed by atoms with van der Waals surface area (Å²) in [5.74, 6) is 0.162. The number of benzene rings is 2. The molecule has 0 saturated carbocycles. The van der Waals surface area contributed by atoms with Crippen LogP contribution in [-0.2, 0) is 27.1 Å². The van der Waals surface area contributed by atoms with Gasteiger partial charge >= 0.3 is 0 Å².